The van der Waals surface area contributed by atoms with E-state index < -0.39 is 17.7 Å². The SMILES string of the molecule is CO/C=C(/C(=O)OC)c1ccccc1/C(=N\OC)c1cccc(C(F)(F)F)c1. The smallest absolute Gasteiger partial charge is 0.416 e. The van der Waals surface area contributed by atoms with Gasteiger partial charge in [0.25, 0.3) is 0 Å². The number of oxime groups is 1. The number of benzene rings is 2. The molecular formula is C20H18F3NO4. The molecule has 0 aliphatic rings. The zero-order chi connectivity index (χ0) is 20.7. The molecule has 5 nitrogen and oxygen atoms in total. The van der Waals surface area contributed by atoms with Crippen LogP contribution < -0.4 is 0 Å². The number of hydrogen-bond donors (Lipinski definition) is 0. The third kappa shape index (κ3) is 4.70. The Balaban J connectivity index is 2.69. The number of rotatable bonds is 6. The molecule has 0 unspecified atom stereocenters. The predicted octanol–water partition coefficient (Wildman–Crippen LogP) is 4.26. The third-order valence-electron chi connectivity index (χ3n) is 3.76. The minimum Gasteiger partial charge on any atom is -0.503 e. The van der Waals surface area contributed by atoms with Crippen LogP contribution in [-0.4, -0.2) is 33.0 Å². The van der Waals surface area contributed by atoms with E-state index >= 15 is 0 Å². The standard InChI is InChI=1S/C20H18F3NO4/c1-26-12-17(19(25)27-2)15-9-4-5-10-16(15)18(24-28-3)13-7-6-8-14(11-13)20(21,22)23/h4-12H,1-3H3/b17-12+,24-18-. The normalized spacial score (nSPS) is 12.5. The van der Waals surface area contributed by atoms with Gasteiger partial charge in [0.1, 0.15) is 18.4 Å². The van der Waals surface area contributed by atoms with Crippen molar-refractivity contribution in [3.63, 3.8) is 0 Å². The molecule has 0 aliphatic carbocycles. The number of nitrogens with zero attached hydrogens (tertiary/aromatic N) is 1. The monoisotopic (exact) mass is 393 g/mol. The first kappa shape index (κ1) is 21.0. The molecule has 28 heavy (non-hydrogen) atoms. The van der Waals surface area contributed by atoms with Gasteiger partial charge in [-0.1, -0.05) is 41.6 Å². The Hall–Kier alpha value is -3.29. The maximum absolute atomic E-state index is 13.1. The van der Waals surface area contributed by atoms with Gasteiger partial charge >= 0.3 is 12.1 Å². The van der Waals surface area contributed by atoms with Gasteiger partial charge in [-0.15, -0.1) is 0 Å². The Bertz CT molecular complexity index is 904. The lowest BCUT2D eigenvalue weighted by Gasteiger charge is -2.15. The van der Waals surface area contributed by atoms with Crippen molar-refractivity contribution in [2.45, 2.75) is 6.18 Å². The number of alkyl halides is 3. The Morgan fingerprint density at radius 2 is 1.68 bits per heavy atom. The van der Waals surface area contributed by atoms with Crippen molar-refractivity contribution >= 4 is 17.3 Å². The van der Waals surface area contributed by atoms with Gasteiger partial charge in [-0.2, -0.15) is 13.2 Å². The maximum atomic E-state index is 13.1. The first-order valence-corrected chi connectivity index (χ1v) is 8.03. The molecule has 0 aromatic heterocycles. The van der Waals surface area contributed by atoms with E-state index in [2.05, 4.69) is 5.16 Å². The highest BCUT2D eigenvalue weighted by atomic mass is 19.4. The summed E-state index contributed by atoms with van der Waals surface area (Å²) in [5, 5.41) is 3.91. The molecule has 0 heterocycles. The molecule has 0 atom stereocenters. The van der Waals surface area contributed by atoms with Crippen molar-refractivity contribution in [2.75, 3.05) is 21.3 Å². The first-order valence-electron chi connectivity index (χ1n) is 8.03. The van der Waals surface area contributed by atoms with Crippen molar-refractivity contribution in [2.24, 2.45) is 5.16 Å². The second kappa shape index (κ2) is 9.07. The topological polar surface area (TPSA) is 57.1 Å². The molecule has 2 aromatic rings. The Kier molecular flexibility index (Phi) is 6.81. The molecule has 0 aliphatic heterocycles. The van der Waals surface area contributed by atoms with E-state index in [1.54, 1.807) is 24.3 Å². The molecule has 2 rings (SSSR count). The Morgan fingerprint density at radius 3 is 2.25 bits per heavy atom. The highest BCUT2D eigenvalue weighted by molar-refractivity contribution is 6.22. The quantitative estimate of drug-likeness (QED) is 0.242. The average molecular weight is 393 g/mol. The van der Waals surface area contributed by atoms with Crippen molar-refractivity contribution < 1.29 is 32.3 Å². The van der Waals surface area contributed by atoms with E-state index in [0.29, 0.717) is 11.1 Å². The summed E-state index contributed by atoms with van der Waals surface area (Å²) in [6, 6.07) is 11.2. The van der Waals surface area contributed by atoms with Crippen molar-refractivity contribution in [3.05, 3.63) is 77.0 Å². The Labute approximate surface area is 160 Å². The van der Waals surface area contributed by atoms with Crippen molar-refractivity contribution in [1.29, 1.82) is 0 Å². The summed E-state index contributed by atoms with van der Waals surface area (Å²) < 4.78 is 49.1. The van der Waals surface area contributed by atoms with Crippen LogP contribution in [0.5, 0.6) is 0 Å². The zero-order valence-electron chi connectivity index (χ0n) is 15.4. The lowest BCUT2D eigenvalue weighted by molar-refractivity contribution is -0.137. The van der Waals surface area contributed by atoms with E-state index in [9.17, 15) is 18.0 Å². The first-order chi connectivity index (χ1) is 13.3. The molecule has 0 radical (unpaired) electrons. The number of hydrogen-bond acceptors (Lipinski definition) is 5. The van der Waals surface area contributed by atoms with Crippen LogP contribution in [0.1, 0.15) is 22.3 Å². The summed E-state index contributed by atoms with van der Waals surface area (Å²) in [6.07, 6.45) is -3.32. The molecule has 148 valence electrons. The van der Waals surface area contributed by atoms with Crippen LogP contribution in [-0.2, 0) is 25.3 Å². The summed E-state index contributed by atoms with van der Waals surface area (Å²) in [5.41, 5.74) is 0.283. The fraction of sp³-hybridized carbons (Fsp3) is 0.200. The van der Waals surface area contributed by atoms with Gasteiger partial charge in [-0.25, -0.2) is 4.79 Å². The van der Waals surface area contributed by atoms with Gasteiger partial charge < -0.3 is 14.3 Å². The molecule has 0 N–H and O–H groups in total. The van der Waals surface area contributed by atoms with E-state index in [-0.39, 0.29) is 16.8 Å². The van der Waals surface area contributed by atoms with Gasteiger partial charge in [0.05, 0.1) is 26.0 Å². The molecule has 0 spiro atoms. The minimum atomic E-state index is -4.51. The second-order valence-corrected chi connectivity index (χ2v) is 5.51. The summed E-state index contributed by atoms with van der Waals surface area (Å²) in [7, 11) is 3.86. The van der Waals surface area contributed by atoms with Crippen LogP contribution in [0.4, 0.5) is 13.2 Å². The number of methoxy groups -OCH3 is 2. The lowest BCUT2D eigenvalue weighted by atomic mass is 9.93. The van der Waals surface area contributed by atoms with Crippen LogP contribution in [0.15, 0.2) is 59.9 Å². The van der Waals surface area contributed by atoms with Crippen LogP contribution in [0.3, 0.4) is 0 Å². The molecule has 8 heteroatoms. The molecule has 0 saturated heterocycles. The Morgan fingerprint density at radius 1 is 1.00 bits per heavy atom. The highest BCUT2D eigenvalue weighted by Gasteiger charge is 2.31. The van der Waals surface area contributed by atoms with E-state index in [1.807, 2.05) is 0 Å². The predicted molar refractivity (Wildman–Crippen MR) is 97.5 cm³/mol. The molecule has 0 bridgehead atoms. The fourth-order valence-electron chi connectivity index (χ4n) is 2.57. The van der Waals surface area contributed by atoms with Gasteiger partial charge in [-0.3, -0.25) is 0 Å². The highest BCUT2D eigenvalue weighted by Crippen LogP contribution is 2.31. The molecule has 0 amide bonds. The molecular weight excluding hydrogens is 375 g/mol. The van der Waals surface area contributed by atoms with Gasteiger partial charge in [-0.05, 0) is 12.1 Å². The van der Waals surface area contributed by atoms with E-state index in [4.69, 9.17) is 14.3 Å². The van der Waals surface area contributed by atoms with Gasteiger partial charge in [0.15, 0.2) is 0 Å². The summed E-state index contributed by atoms with van der Waals surface area (Å²) in [4.78, 5) is 17.0. The van der Waals surface area contributed by atoms with E-state index in [0.717, 1.165) is 12.1 Å². The minimum absolute atomic E-state index is 0.0800. The summed E-state index contributed by atoms with van der Waals surface area (Å²) >= 11 is 0. The maximum Gasteiger partial charge on any atom is 0.416 e. The van der Waals surface area contributed by atoms with E-state index in [1.165, 1.54) is 39.7 Å². The number of ether oxygens (including phenoxy) is 2. The number of carbonyl (C=O) groups excluding carboxylic acids is 1. The van der Waals surface area contributed by atoms with Crippen molar-refractivity contribution in [1.82, 2.24) is 0 Å². The third-order valence-corrected chi connectivity index (χ3v) is 3.76. The summed E-state index contributed by atoms with van der Waals surface area (Å²) in [5.74, 6) is -0.671. The van der Waals surface area contributed by atoms with Crippen LogP contribution in [0.2, 0.25) is 0 Å². The molecule has 0 saturated carbocycles. The van der Waals surface area contributed by atoms with Crippen LogP contribution in [0.25, 0.3) is 5.57 Å². The number of esters is 1. The average Bonchev–Trinajstić information content (AvgIpc) is 2.69. The lowest BCUT2D eigenvalue weighted by Crippen LogP contribution is -2.13. The zero-order valence-corrected chi connectivity index (χ0v) is 15.4. The molecule has 2 aromatic carbocycles. The van der Waals surface area contributed by atoms with Crippen LogP contribution >= 0.6 is 0 Å². The summed E-state index contributed by atoms with van der Waals surface area (Å²) in [6.45, 7) is 0. The largest absolute Gasteiger partial charge is 0.503 e. The van der Waals surface area contributed by atoms with Crippen molar-refractivity contribution in [3.8, 4) is 0 Å². The van der Waals surface area contributed by atoms with Crippen LogP contribution in [0, 0.1) is 0 Å². The number of halogens is 3. The fourth-order valence-corrected chi connectivity index (χ4v) is 2.57. The molecule has 0 fully saturated rings. The van der Waals surface area contributed by atoms with Gasteiger partial charge in [0.2, 0.25) is 0 Å². The van der Waals surface area contributed by atoms with Gasteiger partial charge in [0, 0.05) is 16.7 Å². The second-order valence-electron chi connectivity index (χ2n) is 5.51. The number of carbonyl (C=O) groups is 1.